The van der Waals surface area contributed by atoms with Gasteiger partial charge in [-0.15, -0.1) is 0 Å². The van der Waals surface area contributed by atoms with Gasteiger partial charge in [0, 0.05) is 60.9 Å². The first-order valence-electron chi connectivity index (χ1n) is 10.7. The van der Waals surface area contributed by atoms with Gasteiger partial charge in [-0.25, -0.2) is 18.7 Å². The van der Waals surface area contributed by atoms with Crippen molar-refractivity contribution in [2.45, 2.75) is 25.3 Å². The van der Waals surface area contributed by atoms with Crippen molar-refractivity contribution in [2.24, 2.45) is 11.1 Å². The first-order valence-corrected chi connectivity index (χ1v) is 10.7. The molecule has 33 heavy (non-hydrogen) atoms. The molecule has 5 N–H and O–H groups in total. The van der Waals surface area contributed by atoms with E-state index in [-0.39, 0.29) is 29.0 Å². The van der Waals surface area contributed by atoms with Crippen molar-refractivity contribution in [3.8, 4) is 22.9 Å². The molecule has 0 amide bonds. The van der Waals surface area contributed by atoms with Gasteiger partial charge in [-0.3, -0.25) is 0 Å². The number of hydrogen-bond acceptors (Lipinski definition) is 9. The lowest BCUT2D eigenvalue weighted by Crippen LogP contribution is -2.30. The van der Waals surface area contributed by atoms with Crippen LogP contribution in [0.5, 0.6) is 11.8 Å². The lowest BCUT2D eigenvalue weighted by Gasteiger charge is -2.21. The molecule has 9 nitrogen and oxygen atoms in total. The van der Waals surface area contributed by atoms with Gasteiger partial charge in [0.25, 0.3) is 0 Å². The molecule has 6 rings (SSSR count). The van der Waals surface area contributed by atoms with Crippen molar-refractivity contribution >= 4 is 17.5 Å². The molecule has 1 saturated carbocycles. The summed E-state index contributed by atoms with van der Waals surface area (Å²) in [4.78, 5) is 19.1. The molecule has 0 bridgehead atoms. The zero-order chi connectivity index (χ0) is 22.9. The number of nitrogens with two attached hydrogens (primary N) is 2. The third-order valence-electron chi connectivity index (χ3n) is 6.89. The Balaban J connectivity index is 1.50. The number of aromatic nitrogens is 4. The van der Waals surface area contributed by atoms with Crippen LogP contribution in [0.1, 0.15) is 24.1 Å². The minimum atomic E-state index is -0.923. The molecule has 170 valence electrons. The molecule has 0 unspecified atom stereocenters. The van der Waals surface area contributed by atoms with Gasteiger partial charge in [0.05, 0.1) is 18.1 Å². The number of nitrogens with zero attached hydrogens (tertiary/aromatic N) is 5. The van der Waals surface area contributed by atoms with E-state index in [4.69, 9.17) is 16.2 Å². The number of anilines is 3. The summed E-state index contributed by atoms with van der Waals surface area (Å²) >= 11 is 0. The van der Waals surface area contributed by atoms with Gasteiger partial charge in [-0.1, -0.05) is 0 Å². The molecule has 3 aliphatic rings. The van der Waals surface area contributed by atoms with E-state index in [0.717, 1.165) is 12.8 Å². The lowest BCUT2D eigenvalue weighted by molar-refractivity contribution is 0.436. The first-order chi connectivity index (χ1) is 15.9. The molecule has 3 aromatic rings. The second-order valence-electron chi connectivity index (χ2n) is 8.88. The van der Waals surface area contributed by atoms with Crippen molar-refractivity contribution in [3.63, 3.8) is 0 Å². The Hall–Kier alpha value is -3.60. The van der Waals surface area contributed by atoms with Gasteiger partial charge in [0.2, 0.25) is 5.95 Å². The van der Waals surface area contributed by atoms with Crippen molar-refractivity contribution < 1.29 is 13.5 Å². The normalized spacial score (nSPS) is 19.5. The van der Waals surface area contributed by atoms with Crippen LogP contribution in [0.25, 0.3) is 11.1 Å². The van der Waals surface area contributed by atoms with E-state index in [1.165, 1.54) is 18.5 Å². The summed E-state index contributed by atoms with van der Waals surface area (Å²) in [5.41, 5.74) is 14.4. The topological polar surface area (TPSA) is 128 Å². The van der Waals surface area contributed by atoms with Crippen molar-refractivity contribution in [1.82, 2.24) is 19.9 Å². The number of hydrogen-bond donors (Lipinski definition) is 3. The molecule has 1 spiro atoms. The Labute approximate surface area is 188 Å². The average molecular weight is 452 g/mol. The highest BCUT2D eigenvalue weighted by Gasteiger charge is 2.54. The number of rotatable bonds is 4. The molecule has 2 aromatic heterocycles. The molecule has 1 aromatic carbocycles. The van der Waals surface area contributed by atoms with Gasteiger partial charge in [0.1, 0.15) is 5.82 Å². The van der Waals surface area contributed by atoms with E-state index < -0.39 is 11.6 Å². The summed E-state index contributed by atoms with van der Waals surface area (Å²) in [6.45, 7) is 1.27. The Bertz CT molecular complexity index is 1280. The van der Waals surface area contributed by atoms with Crippen molar-refractivity contribution in [3.05, 3.63) is 41.4 Å². The highest BCUT2D eigenvalue weighted by atomic mass is 19.2. The largest absolute Gasteiger partial charge is 0.421 e. The first kappa shape index (κ1) is 20.0. The third kappa shape index (κ3) is 3.06. The molecule has 0 radical (unpaired) electrons. The van der Waals surface area contributed by atoms with Crippen molar-refractivity contribution in [1.29, 1.82) is 0 Å². The molecule has 2 fully saturated rings. The second kappa shape index (κ2) is 6.95. The van der Waals surface area contributed by atoms with Gasteiger partial charge in [-0.05, 0) is 18.4 Å². The van der Waals surface area contributed by atoms with Gasteiger partial charge in [0.15, 0.2) is 17.4 Å². The molecular formula is C22H22F2N8O. The van der Waals surface area contributed by atoms with Gasteiger partial charge < -0.3 is 26.4 Å². The van der Waals surface area contributed by atoms with Crippen LogP contribution in [-0.2, 0) is 6.42 Å². The number of ether oxygens (including phenoxy) is 1. The SMILES string of the molecule is CNc1cc(F)c(F)c2c1Cc1nc(Oc3cnc(N)nc3)nc(N3C[C@H](N)C4(CC4)C3)c1-2. The van der Waals surface area contributed by atoms with Crippen LogP contribution in [0.15, 0.2) is 18.5 Å². The zero-order valence-electron chi connectivity index (χ0n) is 17.9. The van der Waals surface area contributed by atoms with Gasteiger partial charge in [-0.2, -0.15) is 9.97 Å². The smallest absolute Gasteiger partial charge is 0.324 e. The second-order valence-corrected chi connectivity index (χ2v) is 8.88. The van der Waals surface area contributed by atoms with Crippen LogP contribution >= 0.6 is 0 Å². The van der Waals surface area contributed by atoms with E-state index >= 15 is 4.39 Å². The Kier molecular flexibility index (Phi) is 4.22. The molecule has 3 heterocycles. The number of nitrogen functional groups attached to an aromatic ring is 1. The minimum absolute atomic E-state index is 0.0101. The quantitative estimate of drug-likeness (QED) is 0.428. The molecule has 2 aliphatic carbocycles. The zero-order valence-corrected chi connectivity index (χ0v) is 17.9. The predicted octanol–water partition coefficient (Wildman–Crippen LogP) is 2.46. The highest BCUT2D eigenvalue weighted by Crippen LogP contribution is 2.54. The monoisotopic (exact) mass is 452 g/mol. The molecule has 1 saturated heterocycles. The van der Waals surface area contributed by atoms with Crippen LogP contribution in [0.3, 0.4) is 0 Å². The molecular weight excluding hydrogens is 430 g/mol. The number of halogens is 2. The standard InChI is InChI=1S/C22H22F2N8O/c1-27-13-5-12(23)18(24)16-11(13)4-14-17(16)19(32-8-15(25)22(9-32)2-3-22)31-21(30-14)33-10-6-28-20(26)29-7-10/h5-7,15,27H,2-4,8-9,25H2,1H3,(H2,26,28,29)/t15-/m0/s1. The minimum Gasteiger partial charge on any atom is -0.421 e. The number of nitrogens with one attached hydrogen (secondary N) is 1. The van der Waals surface area contributed by atoms with Crippen molar-refractivity contribution in [2.75, 3.05) is 36.1 Å². The predicted molar refractivity (Wildman–Crippen MR) is 118 cm³/mol. The summed E-state index contributed by atoms with van der Waals surface area (Å²) in [5, 5.41) is 2.96. The summed E-state index contributed by atoms with van der Waals surface area (Å²) in [5.74, 6) is -0.899. The maximum absolute atomic E-state index is 15.1. The van der Waals surface area contributed by atoms with Crippen LogP contribution in [0.4, 0.5) is 26.2 Å². The summed E-state index contributed by atoms with van der Waals surface area (Å²) in [7, 11) is 1.68. The fourth-order valence-electron chi connectivity index (χ4n) is 4.96. The van der Waals surface area contributed by atoms with Gasteiger partial charge >= 0.3 is 6.01 Å². The summed E-state index contributed by atoms with van der Waals surface area (Å²) < 4.78 is 35.4. The maximum Gasteiger partial charge on any atom is 0.324 e. The Morgan fingerprint density at radius 3 is 2.61 bits per heavy atom. The lowest BCUT2D eigenvalue weighted by atomic mass is 10.0. The molecule has 1 aliphatic heterocycles. The van der Waals surface area contributed by atoms with Crippen LogP contribution in [0, 0.1) is 17.0 Å². The summed E-state index contributed by atoms with van der Waals surface area (Å²) in [6, 6.07) is 1.23. The summed E-state index contributed by atoms with van der Waals surface area (Å²) in [6.07, 6.45) is 5.26. The van der Waals surface area contributed by atoms with E-state index in [1.54, 1.807) is 7.05 Å². The number of fused-ring (bicyclic) bond motifs is 3. The van der Waals surface area contributed by atoms with E-state index in [9.17, 15) is 4.39 Å². The van der Waals surface area contributed by atoms with Crippen LogP contribution in [-0.4, -0.2) is 46.1 Å². The maximum atomic E-state index is 15.1. The fraction of sp³-hybridized carbons (Fsp3) is 0.364. The van der Waals surface area contributed by atoms with E-state index in [2.05, 4.69) is 25.3 Å². The third-order valence-corrected chi connectivity index (χ3v) is 6.89. The average Bonchev–Trinajstić information content (AvgIpc) is 3.37. The van der Waals surface area contributed by atoms with E-state index in [0.29, 0.717) is 53.6 Å². The molecule has 11 heteroatoms. The Morgan fingerprint density at radius 1 is 1.18 bits per heavy atom. The van der Waals surface area contributed by atoms with E-state index in [1.807, 2.05) is 4.90 Å². The van der Waals surface area contributed by atoms with Crippen LogP contribution in [0.2, 0.25) is 0 Å². The Morgan fingerprint density at radius 2 is 1.94 bits per heavy atom. The highest BCUT2D eigenvalue weighted by molar-refractivity contribution is 5.88. The van der Waals surface area contributed by atoms with Crippen LogP contribution < -0.4 is 26.4 Å². The fourth-order valence-corrected chi connectivity index (χ4v) is 4.96. The molecule has 1 atom stereocenters. The number of benzene rings is 1.